The molecule has 1 unspecified atom stereocenters. The number of cyclic esters (lactones) is 1. The van der Waals surface area contributed by atoms with E-state index in [9.17, 15) is 4.79 Å². The first-order valence-corrected chi connectivity index (χ1v) is 10.5. The number of benzene rings is 2. The van der Waals surface area contributed by atoms with Crippen molar-refractivity contribution in [2.45, 2.75) is 31.6 Å². The summed E-state index contributed by atoms with van der Waals surface area (Å²) in [6.07, 6.45) is 4.75. The van der Waals surface area contributed by atoms with Crippen molar-refractivity contribution >= 4 is 43.5 Å². The monoisotopic (exact) mass is 473 g/mol. The van der Waals surface area contributed by atoms with Gasteiger partial charge in [-0.25, -0.2) is 4.79 Å². The molecule has 5 rings (SSSR count). The van der Waals surface area contributed by atoms with E-state index in [0.717, 1.165) is 44.3 Å². The molecule has 3 aliphatic rings. The lowest BCUT2D eigenvalue weighted by molar-refractivity contribution is -0.136. The smallest absolute Gasteiger partial charge is 0.337 e. The lowest BCUT2D eigenvalue weighted by atomic mass is 9.78. The fourth-order valence-electron chi connectivity index (χ4n) is 4.37. The minimum atomic E-state index is -0.211. The predicted molar refractivity (Wildman–Crippen MR) is 108 cm³/mol. The zero-order valence-electron chi connectivity index (χ0n) is 14.1. The standard InChI is InChI=1S/C21H17Br2NO2/c22-14-5-13(6-15(23)9-14)19-16-7-11-3-1-2-4-12(11)8-17(16)24-18-10-26-21(25)20(18)19/h5-9,19,24H,1-4,10H2. The van der Waals surface area contributed by atoms with Crippen LogP contribution in [0.25, 0.3) is 0 Å². The molecule has 0 bridgehead atoms. The van der Waals surface area contributed by atoms with Gasteiger partial charge in [0.15, 0.2) is 0 Å². The minimum Gasteiger partial charge on any atom is -0.456 e. The van der Waals surface area contributed by atoms with Crippen LogP contribution in [0.1, 0.15) is 41.0 Å². The number of ether oxygens (including phenoxy) is 1. The van der Waals surface area contributed by atoms with Gasteiger partial charge in [0.1, 0.15) is 6.61 Å². The molecular weight excluding hydrogens is 458 g/mol. The predicted octanol–water partition coefficient (Wildman–Crippen LogP) is 5.46. The molecular formula is C21H17Br2NO2. The van der Waals surface area contributed by atoms with Crippen LogP contribution in [-0.4, -0.2) is 12.6 Å². The van der Waals surface area contributed by atoms with E-state index in [1.807, 2.05) is 6.07 Å². The van der Waals surface area contributed by atoms with Crippen molar-refractivity contribution < 1.29 is 9.53 Å². The quantitative estimate of drug-likeness (QED) is 0.557. The minimum absolute atomic E-state index is 0.0997. The molecule has 0 amide bonds. The zero-order valence-corrected chi connectivity index (χ0v) is 17.2. The number of hydrogen-bond donors (Lipinski definition) is 1. The number of halogens is 2. The van der Waals surface area contributed by atoms with E-state index in [-0.39, 0.29) is 11.9 Å². The van der Waals surface area contributed by atoms with Crippen LogP contribution >= 0.6 is 31.9 Å². The SMILES string of the molecule is O=C1OCC2=C1C(c1cc(Br)cc(Br)c1)c1cc3c(cc1N2)CCCC3. The summed E-state index contributed by atoms with van der Waals surface area (Å²) in [7, 11) is 0. The van der Waals surface area contributed by atoms with Crippen molar-refractivity contribution in [2.75, 3.05) is 11.9 Å². The largest absolute Gasteiger partial charge is 0.456 e. The Balaban J connectivity index is 1.74. The van der Waals surface area contributed by atoms with Gasteiger partial charge in [0.25, 0.3) is 0 Å². The van der Waals surface area contributed by atoms with E-state index in [0.29, 0.717) is 6.61 Å². The first kappa shape index (κ1) is 16.6. The summed E-state index contributed by atoms with van der Waals surface area (Å²) in [6.45, 7) is 0.330. The van der Waals surface area contributed by atoms with Gasteiger partial charge in [-0.15, -0.1) is 0 Å². The highest BCUT2D eigenvalue weighted by atomic mass is 79.9. The van der Waals surface area contributed by atoms with Crippen molar-refractivity contribution in [1.82, 2.24) is 0 Å². The van der Waals surface area contributed by atoms with Crippen molar-refractivity contribution in [3.05, 3.63) is 72.8 Å². The molecule has 1 N–H and O–H groups in total. The van der Waals surface area contributed by atoms with Crippen LogP contribution < -0.4 is 5.32 Å². The van der Waals surface area contributed by atoms with Crippen LogP contribution in [0.15, 0.2) is 50.5 Å². The number of carbonyl (C=O) groups is 1. The molecule has 0 saturated carbocycles. The normalized spacial score (nSPS) is 20.8. The van der Waals surface area contributed by atoms with E-state index in [1.54, 1.807) is 0 Å². The summed E-state index contributed by atoms with van der Waals surface area (Å²) in [5, 5.41) is 3.48. The Morgan fingerprint density at radius 3 is 2.38 bits per heavy atom. The molecule has 2 aromatic carbocycles. The summed E-state index contributed by atoms with van der Waals surface area (Å²) in [5.41, 5.74) is 7.89. The number of carbonyl (C=O) groups excluding carboxylic acids is 1. The maximum Gasteiger partial charge on any atom is 0.337 e. The van der Waals surface area contributed by atoms with E-state index >= 15 is 0 Å². The van der Waals surface area contributed by atoms with Crippen molar-refractivity contribution in [1.29, 1.82) is 0 Å². The number of anilines is 1. The van der Waals surface area contributed by atoms with Crippen LogP contribution in [0, 0.1) is 0 Å². The Labute approximate surface area is 169 Å². The summed E-state index contributed by atoms with van der Waals surface area (Å²) in [6, 6.07) is 10.8. The van der Waals surface area contributed by atoms with Crippen molar-refractivity contribution in [2.24, 2.45) is 0 Å². The fourth-order valence-corrected chi connectivity index (χ4v) is 5.70. The first-order valence-electron chi connectivity index (χ1n) is 8.89. The molecule has 0 aromatic heterocycles. The molecule has 5 heteroatoms. The molecule has 0 spiro atoms. The molecule has 3 nitrogen and oxygen atoms in total. The topological polar surface area (TPSA) is 38.3 Å². The van der Waals surface area contributed by atoms with Gasteiger partial charge in [-0.2, -0.15) is 0 Å². The third-order valence-electron chi connectivity index (χ3n) is 5.51. The second-order valence-electron chi connectivity index (χ2n) is 7.14. The maximum atomic E-state index is 12.5. The second kappa shape index (κ2) is 6.24. The van der Waals surface area contributed by atoms with Crippen molar-refractivity contribution in [3.63, 3.8) is 0 Å². The number of rotatable bonds is 1. The molecule has 2 aromatic rings. The van der Waals surface area contributed by atoms with Crippen LogP contribution in [0.5, 0.6) is 0 Å². The maximum absolute atomic E-state index is 12.5. The molecule has 2 aliphatic heterocycles. The number of fused-ring (bicyclic) bond motifs is 2. The number of nitrogens with one attached hydrogen (secondary N) is 1. The highest BCUT2D eigenvalue weighted by molar-refractivity contribution is 9.11. The Hall–Kier alpha value is -1.59. The van der Waals surface area contributed by atoms with Crippen LogP contribution in [0.4, 0.5) is 5.69 Å². The second-order valence-corrected chi connectivity index (χ2v) is 8.98. The van der Waals surface area contributed by atoms with E-state index in [4.69, 9.17) is 4.74 Å². The summed E-state index contributed by atoms with van der Waals surface area (Å²) < 4.78 is 7.36. The van der Waals surface area contributed by atoms with Gasteiger partial charge >= 0.3 is 5.97 Å². The van der Waals surface area contributed by atoms with Crippen LogP contribution in [0.3, 0.4) is 0 Å². The molecule has 132 valence electrons. The van der Waals surface area contributed by atoms with Gasteiger partial charge in [0.2, 0.25) is 0 Å². The van der Waals surface area contributed by atoms with E-state index < -0.39 is 0 Å². The van der Waals surface area contributed by atoms with Gasteiger partial charge in [-0.1, -0.05) is 37.9 Å². The highest BCUT2D eigenvalue weighted by Gasteiger charge is 2.39. The Bertz CT molecular complexity index is 960. The molecule has 2 heterocycles. The number of aryl methyl sites for hydroxylation is 2. The van der Waals surface area contributed by atoms with E-state index in [1.165, 1.54) is 29.5 Å². The molecule has 0 radical (unpaired) electrons. The molecule has 0 fully saturated rings. The summed E-state index contributed by atoms with van der Waals surface area (Å²) in [4.78, 5) is 12.5. The lowest BCUT2D eigenvalue weighted by Gasteiger charge is -2.30. The first-order chi connectivity index (χ1) is 12.6. The van der Waals surface area contributed by atoms with Crippen LogP contribution in [0.2, 0.25) is 0 Å². The average Bonchev–Trinajstić information content (AvgIpc) is 2.97. The number of hydrogen-bond acceptors (Lipinski definition) is 3. The Morgan fingerprint density at radius 2 is 1.65 bits per heavy atom. The zero-order chi connectivity index (χ0) is 17.8. The molecule has 1 atom stereocenters. The molecule has 0 saturated heterocycles. The number of esters is 1. The van der Waals surface area contributed by atoms with Gasteiger partial charge in [-0.05, 0) is 72.2 Å². The van der Waals surface area contributed by atoms with Gasteiger partial charge in [0.05, 0.1) is 11.3 Å². The summed E-state index contributed by atoms with van der Waals surface area (Å²) in [5.74, 6) is -0.311. The van der Waals surface area contributed by atoms with Crippen LogP contribution in [-0.2, 0) is 22.4 Å². The average molecular weight is 475 g/mol. The third-order valence-corrected chi connectivity index (χ3v) is 6.43. The Kier molecular flexibility index (Phi) is 3.98. The molecule has 26 heavy (non-hydrogen) atoms. The van der Waals surface area contributed by atoms with Crippen molar-refractivity contribution in [3.8, 4) is 0 Å². The molecule has 1 aliphatic carbocycles. The van der Waals surface area contributed by atoms with E-state index in [2.05, 4.69) is 61.4 Å². The fraction of sp³-hybridized carbons (Fsp3) is 0.286. The van der Waals surface area contributed by atoms with Gasteiger partial charge < -0.3 is 10.1 Å². The summed E-state index contributed by atoms with van der Waals surface area (Å²) >= 11 is 7.18. The van der Waals surface area contributed by atoms with Gasteiger partial charge in [-0.3, -0.25) is 0 Å². The Morgan fingerprint density at radius 1 is 0.962 bits per heavy atom. The third kappa shape index (κ3) is 2.64. The lowest BCUT2D eigenvalue weighted by Crippen LogP contribution is -2.21. The highest BCUT2D eigenvalue weighted by Crippen LogP contribution is 2.46. The van der Waals surface area contributed by atoms with Gasteiger partial charge in [0, 0.05) is 20.6 Å².